The molecule has 0 amide bonds. The maximum Gasteiger partial charge on any atom is 0.120 e. The quantitative estimate of drug-likeness (QED) is 0.781. The molecule has 1 fully saturated rings. The molecule has 1 aliphatic rings. The Kier molecular flexibility index (Phi) is 3.47. The highest BCUT2D eigenvalue weighted by Gasteiger charge is 2.19. The summed E-state index contributed by atoms with van der Waals surface area (Å²) in [4.78, 5) is 3.46. The average molecular weight is 258 g/mol. The number of ether oxygens (including phenoxy) is 1. The van der Waals surface area contributed by atoms with E-state index in [0.29, 0.717) is 0 Å². The summed E-state index contributed by atoms with van der Waals surface area (Å²) < 4.78 is 5.27. The second-order valence-electron chi connectivity index (χ2n) is 5.47. The fourth-order valence-corrected chi connectivity index (χ4v) is 2.68. The van der Waals surface area contributed by atoms with Crippen molar-refractivity contribution < 1.29 is 4.74 Å². The fraction of sp³-hybridized carbons (Fsp3) is 0.500. The number of benzene rings is 1. The zero-order chi connectivity index (χ0) is 13.2. The van der Waals surface area contributed by atoms with E-state index in [9.17, 15) is 0 Å². The first-order valence-electron chi connectivity index (χ1n) is 7.16. The fourth-order valence-electron chi connectivity index (χ4n) is 2.68. The maximum atomic E-state index is 5.27. The van der Waals surface area contributed by atoms with Crippen molar-refractivity contribution in [2.45, 2.75) is 38.6 Å². The van der Waals surface area contributed by atoms with Gasteiger partial charge in [-0.2, -0.15) is 0 Å². The second-order valence-corrected chi connectivity index (χ2v) is 5.47. The van der Waals surface area contributed by atoms with Crippen molar-refractivity contribution in [3.05, 3.63) is 29.5 Å². The minimum absolute atomic E-state index is 0.813. The lowest BCUT2D eigenvalue weighted by atomic mass is 10.1. The van der Waals surface area contributed by atoms with E-state index in [1.807, 2.05) is 6.07 Å². The highest BCUT2D eigenvalue weighted by molar-refractivity contribution is 5.85. The van der Waals surface area contributed by atoms with E-state index in [0.717, 1.165) is 24.8 Å². The van der Waals surface area contributed by atoms with Crippen LogP contribution in [0.4, 0.5) is 0 Å². The van der Waals surface area contributed by atoms with Crippen molar-refractivity contribution in [3.8, 4) is 5.75 Å². The van der Waals surface area contributed by atoms with E-state index in [1.165, 1.54) is 41.4 Å². The lowest BCUT2D eigenvalue weighted by Crippen LogP contribution is -2.17. The highest BCUT2D eigenvalue weighted by atomic mass is 16.5. The SMILES string of the molecule is COc1ccc2c(CCCNC3CC3)c(C)[nH]c2c1. The largest absolute Gasteiger partial charge is 0.497 e. The molecular formula is C16H22N2O. The lowest BCUT2D eigenvalue weighted by Gasteiger charge is -2.04. The number of hydrogen-bond acceptors (Lipinski definition) is 2. The summed E-state index contributed by atoms with van der Waals surface area (Å²) in [7, 11) is 1.71. The van der Waals surface area contributed by atoms with Gasteiger partial charge in [0, 0.05) is 28.7 Å². The van der Waals surface area contributed by atoms with Crippen LogP contribution < -0.4 is 10.1 Å². The molecule has 2 N–H and O–H groups in total. The smallest absolute Gasteiger partial charge is 0.120 e. The Morgan fingerprint density at radius 3 is 2.95 bits per heavy atom. The topological polar surface area (TPSA) is 37.0 Å². The third kappa shape index (κ3) is 2.76. The Morgan fingerprint density at radius 2 is 2.21 bits per heavy atom. The molecule has 0 unspecified atom stereocenters. The number of aryl methyl sites for hydroxylation is 2. The standard InChI is InChI=1S/C16H22N2O/c1-11-14(4-3-9-17-12-5-6-12)15-8-7-13(19-2)10-16(15)18-11/h7-8,10,12,17-18H,3-6,9H2,1-2H3. The third-order valence-electron chi connectivity index (χ3n) is 3.94. The number of H-pyrrole nitrogens is 1. The van der Waals surface area contributed by atoms with Crippen molar-refractivity contribution in [1.29, 1.82) is 0 Å². The van der Waals surface area contributed by atoms with Crippen LogP contribution in [-0.4, -0.2) is 24.7 Å². The van der Waals surface area contributed by atoms with Crippen LogP contribution in [0.5, 0.6) is 5.75 Å². The Labute approximate surface area is 114 Å². The average Bonchev–Trinajstić information content (AvgIpc) is 3.18. The molecule has 1 saturated carbocycles. The van der Waals surface area contributed by atoms with Gasteiger partial charge in [0.05, 0.1) is 7.11 Å². The van der Waals surface area contributed by atoms with Gasteiger partial charge < -0.3 is 15.0 Å². The third-order valence-corrected chi connectivity index (χ3v) is 3.94. The van der Waals surface area contributed by atoms with Crippen molar-refractivity contribution in [3.63, 3.8) is 0 Å². The van der Waals surface area contributed by atoms with Crippen LogP contribution in [0.25, 0.3) is 10.9 Å². The summed E-state index contributed by atoms with van der Waals surface area (Å²) in [5.41, 5.74) is 3.92. The summed E-state index contributed by atoms with van der Waals surface area (Å²) in [6.45, 7) is 3.29. The van der Waals surface area contributed by atoms with Gasteiger partial charge in [-0.3, -0.25) is 0 Å². The van der Waals surface area contributed by atoms with Crippen LogP contribution in [0.3, 0.4) is 0 Å². The number of methoxy groups -OCH3 is 1. The highest BCUT2D eigenvalue weighted by Crippen LogP contribution is 2.27. The molecule has 1 aromatic heterocycles. The number of aromatic amines is 1. The minimum atomic E-state index is 0.813. The van der Waals surface area contributed by atoms with Gasteiger partial charge in [0.25, 0.3) is 0 Å². The van der Waals surface area contributed by atoms with E-state index >= 15 is 0 Å². The molecule has 2 aromatic rings. The van der Waals surface area contributed by atoms with Gasteiger partial charge in [-0.1, -0.05) is 0 Å². The number of rotatable bonds is 6. The van der Waals surface area contributed by atoms with Gasteiger partial charge in [0.1, 0.15) is 5.75 Å². The molecular weight excluding hydrogens is 236 g/mol. The molecule has 0 saturated heterocycles. The molecule has 1 aromatic carbocycles. The first-order chi connectivity index (χ1) is 9.28. The van der Waals surface area contributed by atoms with Crippen molar-refractivity contribution in [1.82, 2.24) is 10.3 Å². The number of aromatic nitrogens is 1. The van der Waals surface area contributed by atoms with E-state index in [1.54, 1.807) is 7.11 Å². The van der Waals surface area contributed by atoms with Crippen LogP contribution in [0.2, 0.25) is 0 Å². The van der Waals surface area contributed by atoms with Gasteiger partial charge in [-0.25, -0.2) is 0 Å². The lowest BCUT2D eigenvalue weighted by molar-refractivity contribution is 0.415. The Hall–Kier alpha value is -1.48. The van der Waals surface area contributed by atoms with Gasteiger partial charge in [-0.15, -0.1) is 0 Å². The van der Waals surface area contributed by atoms with Crippen molar-refractivity contribution in [2.75, 3.05) is 13.7 Å². The number of fused-ring (bicyclic) bond motifs is 1. The van der Waals surface area contributed by atoms with Crippen LogP contribution in [0, 0.1) is 6.92 Å². The van der Waals surface area contributed by atoms with Crippen molar-refractivity contribution in [2.24, 2.45) is 0 Å². The van der Waals surface area contributed by atoms with Gasteiger partial charge in [0.2, 0.25) is 0 Å². The Morgan fingerprint density at radius 1 is 1.37 bits per heavy atom. The van der Waals surface area contributed by atoms with E-state index in [2.05, 4.69) is 29.4 Å². The molecule has 102 valence electrons. The summed E-state index contributed by atoms with van der Waals surface area (Å²) >= 11 is 0. The van der Waals surface area contributed by atoms with Crippen molar-refractivity contribution >= 4 is 10.9 Å². The van der Waals surface area contributed by atoms with Gasteiger partial charge >= 0.3 is 0 Å². The van der Waals surface area contributed by atoms with Gasteiger partial charge in [-0.05, 0) is 56.8 Å². The predicted molar refractivity (Wildman–Crippen MR) is 78.9 cm³/mol. The summed E-state index contributed by atoms with van der Waals surface area (Å²) in [5, 5.41) is 4.91. The van der Waals surface area contributed by atoms with E-state index < -0.39 is 0 Å². The second kappa shape index (κ2) is 5.25. The molecule has 3 heteroatoms. The zero-order valence-corrected chi connectivity index (χ0v) is 11.8. The van der Waals surface area contributed by atoms with Crippen LogP contribution >= 0.6 is 0 Å². The van der Waals surface area contributed by atoms with E-state index in [-0.39, 0.29) is 0 Å². The molecule has 0 radical (unpaired) electrons. The molecule has 0 spiro atoms. The van der Waals surface area contributed by atoms with Gasteiger partial charge in [0.15, 0.2) is 0 Å². The molecule has 3 rings (SSSR count). The predicted octanol–water partition coefficient (Wildman–Crippen LogP) is 3.17. The Bertz CT molecular complexity index is 569. The first-order valence-corrected chi connectivity index (χ1v) is 7.16. The summed E-state index contributed by atoms with van der Waals surface area (Å²) in [6, 6.07) is 7.10. The molecule has 1 heterocycles. The van der Waals surface area contributed by atoms with Crippen LogP contribution in [-0.2, 0) is 6.42 Å². The molecule has 1 aliphatic carbocycles. The summed E-state index contributed by atoms with van der Waals surface area (Å²) in [6.07, 6.45) is 5.08. The first kappa shape index (κ1) is 12.5. The normalized spacial score (nSPS) is 15.1. The molecule has 19 heavy (non-hydrogen) atoms. The molecule has 0 bridgehead atoms. The molecule has 0 aliphatic heterocycles. The molecule has 3 nitrogen and oxygen atoms in total. The van der Waals surface area contributed by atoms with Crippen LogP contribution in [0.15, 0.2) is 18.2 Å². The minimum Gasteiger partial charge on any atom is -0.497 e. The monoisotopic (exact) mass is 258 g/mol. The zero-order valence-electron chi connectivity index (χ0n) is 11.8. The maximum absolute atomic E-state index is 5.27. The number of nitrogens with one attached hydrogen (secondary N) is 2. The van der Waals surface area contributed by atoms with E-state index in [4.69, 9.17) is 4.74 Å². The summed E-state index contributed by atoms with van der Waals surface area (Å²) in [5.74, 6) is 0.913. The molecule has 0 atom stereocenters. The van der Waals surface area contributed by atoms with Crippen LogP contribution in [0.1, 0.15) is 30.5 Å². The Balaban J connectivity index is 1.71. The number of hydrogen-bond donors (Lipinski definition) is 2.